The molecule has 0 radical (unpaired) electrons. The highest BCUT2D eigenvalue weighted by Crippen LogP contribution is 3.02. The summed E-state index contributed by atoms with van der Waals surface area (Å²) in [6.07, 6.45) is -1.05. The van der Waals surface area contributed by atoms with E-state index in [1.54, 1.807) is 0 Å². The summed E-state index contributed by atoms with van der Waals surface area (Å²) in [5, 5.41) is 16.0. The van der Waals surface area contributed by atoms with Gasteiger partial charge in [-0.2, -0.15) is 0 Å². The molecule has 0 aliphatic carbocycles. The maximum absolute atomic E-state index is 15.2. The second kappa shape index (κ2) is 9.28. The number of ether oxygens (including phenoxy) is 2. The summed E-state index contributed by atoms with van der Waals surface area (Å²) in [5.74, 6) is -1.16. The highest BCUT2D eigenvalue weighted by Gasteiger charge is 2.65. The summed E-state index contributed by atoms with van der Waals surface area (Å²) in [5.41, 5.74) is 0.587. The lowest BCUT2D eigenvalue weighted by Crippen LogP contribution is -2.60. The predicted molar refractivity (Wildman–Crippen MR) is 139 cm³/mol. The molecule has 4 atom stereocenters. The molecule has 3 saturated heterocycles. The fourth-order valence-electron chi connectivity index (χ4n) is 6.03. The van der Waals surface area contributed by atoms with Crippen LogP contribution in [0.4, 0.5) is 40.1 Å². The molecular weight excluding hydrogens is 596 g/mol. The molecule has 0 saturated carbocycles. The van der Waals surface area contributed by atoms with Gasteiger partial charge in [-0.3, -0.25) is 9.69 Å². The van der Waals surface area contributed by atoms with Crippen LogP contribution in [0.5, 0.6) is 0 Å². The van der Waals surface area contributed by atoms with E-state index in [0.29, 0.717) is 29.9 Å². The SMILES string of the molecule is O=C(c1ccc(S(F)(F)(F)(F)F)cc1)N1CCC(c2c(F)cnc3c2NC(C2CN(C(=O)O)C4COCC4O2)N3)CC1. The van der Waals surface area contributed by atoms with E-state index < -0.39 is 57.4 Å². The molecule has 10 nitrogen and oxygen atoms in total. The van der Waals surface area contributed by atoms with Crippen LogP contribution < -0.4 is 10.6 Å². The molecular formula is C25H27F6N5O5S. The average Bonchev–Trinajstić information content (AvgIpc) is 3.58. The first kappa shape index (κ1) is 28.7. The molecule has 0 spiro atoms. The number of pyridine rings is 1. The summed E-state index contributed by atoms with van der Waals surface area (Å²) in [4.78, 5) is 29.5. The number of benzene rings is 1. The van der Waals surface area contributed by atoms with Gasteiger partial charge in [-0.25, -0.2) is 14.2 Å². The van der Waals surface area contributed by atoms with E-state index >= 15 is 4.39 Å². The summed E-state index contributed by atoms with van der Waals surface area (Å²) in [6.45, 7) is 0.856. The fourth-order valence-corrected chi connectivity index (χ4v) is 6.69. The smallest absolute Gasteiger partial charge is 0.407 e. The van der Waals surface area contributed by atoms with Crippen LogP contribution in [-0.4, -0.2) is 89.2 Å². The number of fused-ring (bicyclic) bond motifs is 2. The van der Waals surface area contributed by atoms with Gasteiger partial charge in [-0.1, -0.05) is 19.4 Å². The number of carboxylic acid groups (broad SMARTS) is 1. The Hall–Kier alpha value is -3.44. The van der Waals surface area contributed by atoms with Crippen LogP contribution in [0.3, 0.4) is 0 Å². The van der Waals surface area contributed by atoms with Crippen molar-refractivity contribution in [2.45, 2.75) is 48.1 Å². The van der Waals surface area contributed by atoms with Crippen molar-refractivity contribution in [2.75, 3.05) is 43.5 Å². The molecule has 4 aliphatic rings. The third-order valence-corrected chi connectivity index (χ3v) is 9.31. The van der Waals surface area contributed by atoms with E-state index in [-0.39, 0.29) is 56.5 Å². The Kier molecular flexibility index (Phi) is 6.33. The second-order valence-corrected chi connectivity index (χ2v) is 13.2. The van der Waals surface area contributed by atoms with Crippen LogP contribution in [0.2, 0.25) is 0 Å². The number of nitrogens with zero attached hydrogens (tertiary/aromatic N) is 3. The predicted octanol–water partition coefficient (Wildman–Crippen LogP) is 5.21. The first-order valence-electron chi connectivity index (χ1n) is 13.2. The zero-order valence-electron chi connectivity index (χ0n) is 21.8. The monoisotopic (exact) mass is 623 g/mol. The van der Waals surface area contributed by atoms with Gasteiger partial charge in [0.05, 0.1) is 37.7 Å². The number of hydrogen-bond acceptors (Lipinski definition) is 7. The van der Waals surface area contributed by atoms with Gasteiger partial charge in [0.15, 0.2) is 5.82 Å². The van der Waals surface area contributed by atoms with Gasteiger partial charge in [-0.15, -0.1) is 0 Å². The number of carbonyl (C=O) groups is 2. The first-order chi connectivity index (χ1) is 19.6. The summed E-state index contributed by atoms with van der Waals surface area (Å²) in [6, 6.07) is 1.46. The van der Waals surface area contributed by atoms with Crippen LogP contribution in [0.1, 0.15) is 34.7 Å². The van der Waals surface area contributed by atoms with Gasteiger partial charge >= 0.3 is 16.3 Å². The average molecular weight is 624 g/mol. The zero-order valence-corrected chi connectivity index (χ0v) is 22.6. The Balaban J connectivity index is 1.13. The van der Waals surface area contributed by atoms with Crippen molar-refractivity contribution in [1.29, 1.82) is 0 Å². The summed E-state index contributed by atoms with van der Waals surface area (Å²) in [7, 11) is -9.85. The number of anilines is 2. The number of morpholine rings is 1. The number of aromatic nitrogens is 1. The van der Waals surface area contributed by atoms with Gasteiger partial charge in [0.2, 0.25) is 0 Å². The standard InChI is InChI=1S/C25H27F6N5O5S/c26-16-9-32-23-21(33-22(34-23)18-10-36(25(38)39)17-11-40-12-19(17)41-18)20(16)13-5-7-35(8-6-13)24(37)14-1-3-15(4-2-14)42(27,28,29,30)31/h1-4,9,13,17-19,22,33H,5-8,10-12H2,(H,32,34)(H,38,39). The maximum Gasteiger partial charge on any atom is 0.407 e. The molecule has 3 fully saturated rings. The Morgan fingerprint density at radius 2 is 1.69 bits per heavy atom. The molecule has 4 aliphatic heterocycles. The van der Waals surface area contributed by atoms with Crippen LogP contribution in [0.25, 0.3) is 0 Å². The topological polar surface area (TPSA) is 116 Å². The molecule has 4 unspecified atom stereocenters. The number of amides is 2. The number of halogens is 6. The van der Waals surface area contributed by atoms with Crippen LogP contribution >= 0.6 is 10.2 Å². The van der Waals surface area contributed by atoms with Crippen molar-refractivity contribution in [3.05, 3.63) is 47.4 Å². The van der Waals surface area contributed by atoms with Gasteiger partial charge in [0, 0.05) is 24.2 Å². The quantitative estimate of drug-likeness (QED) is 0.398. The van der Waals surface area contributed by atoms with E-state index in [9.17, 15) is 34.1 Å². The Morgan fingerprint density at radius 3 is 2.33 bits per heavy atom. The third-order valence-electron chi connectivity index (χ3n) is 8.14. The summed E-state index contributed by atoms with van der Waals surface area (Å²) < 4.78 is 91.8. The minimum absolute atomic E-state index is 0.0555. The molecule has 3 N–H and O–H groups in total. The number of carbonyl (C=O) groups excluding carboxylic acids is 1. The highest BCUT2D eigenvalue weighted by molar-refractivity contribution is 8.45. The van der Waals surface area contributed by atoms with Gasteiger partial charge in [-0.05, 0) is 43.0 Å². The Labute approximate surface area is 235 Å². The van der Waals surface area contributed by atoms with Gasteiger partial charge in [0.25, 0.3) is 5.91 Å². The molecule has 42 heavy (non-hydrogen) atoms. The lowest BCUT2D eigenvalue weighted by molar-refractivity contribution is -0.0948. The van der Waals surface area contributed by atoms with Crippen molar-refractivity contribution in [1.82, 2.24) is 14.8 Å². The van der Waals surface area contributed by atoms with Crippen molar-refractivity contribution >= 4 is 33.7 Å². The van der Waals surface area contributed by atoms with Crippen molar-refractivity contribution < 1.29 is 48.0 Å². The van der Waals surface area contributed by atoms with Crippen LogP contribution in [0, 0.1) is 5.82 Å². The van der Waals surface area contributed by atoms with Crippen molar-refractivity contribution in [2.24, 2.45) is 0 Å². The van der Waals surface area contributed by atoms with E-state index in [1.807, 2.05) is 0 Å². The Morgan fingerprint density at radius 1 is 1.00 bits per heavy atom. The van der Waals surface area contributed by atoms with E-state index in [0.717, 1.165) is 18.3 Å². The largest absolute Gasteiger partial charge is 0.465 e. The molecule has 230 valence electrons. The lowest BCUT2D eigenvalue weighted by Gasteiger charge is -2.41. The lowest BCUT2D eigenvalue weighted by atomic mass is 9.88. The van der Waals surface area contributed by atoms with Gasteiger partial charge < -0.3 is 30.1 Å². The van der Waals surface area contributed by atoms with Gasteiger partial charge in [0.1, 0.15) is 29.1 Å². The minimum atomic E-state index is -9.85. The number of likely N-dealkylation sites (tertiary alicyclic amines) is 1. The molecule has 2 amide bonds. The number of hydrogen-bond donors (Lipinski definition) is 3. The van der Waals surface area contributed by atoms with Crippen LogP contribution in [0.15, 0.2) is 35.4 Å². The number of nitrogens with one attached hydrogen (secondary N) is 2. The second-order valence-electron chi connectivity index (χ2n) is 10.8. The molecule has 5 heterocycles. The van der Waals surface area contributed by atoms with E-state index in [1.165, 1.54) is 9.80 Å². The first-order valence-corrected chi connectivity index (χ1v) is 15.1. The molecule has 0 bridgehead atoms. The zero-order chi connectivity index (χ0) is 30.1. The van der Waals surface area contributed by atoms with Crippen molar-refractivity contribution in [3.8, 4) is 0 Å². The molecule has 1 aromatic carbocycles. The normalized spacial score (nSPS) is 27.8. The maximum atomic E-state index is 15.2. The fraction of sp³-hybridized carbons (Fsp3) is 0.480. The van der Waals surface area contributed by atoms with E-state index in [4.69, 9.17) is 9.47 Å². The van der Waals surface area contributed by atoms with Crippen molar-refractivity contribution in [3.63, 3.8) is 0 Å². The highest BCUT2D eigenvalue weighted by atomic mass is 32.5. The molecule has 17 heteroatoms. The number of piperidine rings is 1. The molecule has 1 aromatic heterocycles. The summed E-state index contributed by atoms with van der Waals surface area (Å²) >= 11 is 0. The minimum Gasteiger partial charge on any atom is -0.465 e. The molecule has 6 rings (SSSR count). The number of rotatable bonds is 4. The van der Waals surface area contributed by atoms with E-state index in [2.05, 4.69) is 15.6 Å². The molecule has 2 aromatic rings. The van der Waals surface area contributed by atoms with Crippen LogP contribution in [-0.2, 0) is 9.47 Å². The third kappa shape index (κ3) is 5.28. The Bertz CT molecular complexity index is 1430.